The average Bonchev–Trinajstić information content (AvgIpc) is 2.28. The van der Waals surface area contributed by atoms with Gasteiger partial charge in [-0.25, -0.2) is 0 Å². The van der Waals surface area contributed by atoms with E-state index in [9.17, 15) is 5.11 Å². The fourth-order valence-electron chi connectivity index (χ4n) is 1.76. The van der Waals surface area contributed by atoms with E-state index >= 15 is 0 Å². The Morgan fingerprint density at radius 1 is 1.31 bits per heavy atom. The minimum Gasteiger partial charge on any atom is -0.393 e. The van der Waals surface area contributed by atoms with Crippen LogP contribution < -0.4 is 0 Å². The number of aliphatic hydroxyl groups is 1. The second-order valence-corrected chi connectivity index (χ2v) is 4.46. The van der Waals surface area contributed by atoms with Gasteiger partial charge in [0.15, 0.2) is 0 Å². The fraction of sp³-hybridized carbons (Fsp3) is 0.571. The lowest BCUT2D eigenvalue weighted by atomic mass is 9.93. The standard InChI is InChI=1S/C14H22O2/c1-11-6-4-5-7-13(11)10-14(15)12(2)8-9-16-3/h4-7,12,14-15H,8-10H2,1-3H3. The van der Waals surface area contributed by atoms with Gasteiger partial charge in [0.05, 0.1) is 6.10 Å². The van der Waals surface area contributed by atoms with Crippen LogP contribution in [0.25, 0.3) is 0 Å². The molecule has 0 aliphatic carbocycles. The zero-order chi connectivity index (χ0) is 12.0. The quantitative estimate of drug-likeness (QED) is 0.801. The van der Waals surface area contributed by atoms with Crippen molar-refractivity contribution >= 4 is 0 Å². The van der Waals surface area contributed by atoms with Gasteiger partial charge >= 0.3 is 0 Å². The molecule has 1 rings (SSSR count). The van der Waals surface area contributed by atoms with E-state index in [1.807, 2.05) is 12.1 Å². The summed E-state index contributed by atoms with van der Waals surface area (Å²) < 4.78 is 5.03. The van der Waals surface area contributed by atoms with Crippen LogP contribution in [0.2, 0.25) is 0 Å². The Bertz CT molecular complexity index is 309. The highest BCUT2D eigenvalue weighted by molar-refractivity contribution is 5.26. The van der Waals surface area contributed by atoms with E-state index in [1.165, 1.54) is 11.1 Å². The third kappa shape index (κ3) is 3.95. The SMILES string of the molecule is COCCC(C)C(O)Cc1ccccc1C. The molecule has 2 atom stereocenters. The molecule has 0 saturated carbocycles. The van der Waals surface area contributed by atoms with Crippen LogP contribution in [0.3, 0.4) is 0 Å². The molecular weight excluding hydrogens is 200 g/mol. The first-order chi connectivity index (χ1) is 7.65. The van der Waals surface area contributed by atoms with Gasteiger partial charge in [0.2, 0.25) is 0 Å². The maximum Gasteiger partial charge on any atom is 0.0607 e. The van der Waals surface area contributed by atoms with Crippen molar-refractivity contribution in [3.63, 3.8) is 0 Å². The van der Waals surface area contributed by atoms with Crippen molar-refractivity contribution in [2.24, 2.45) is 5.92 Å². The second-order valence-electron chi connectivity index (χ2n) is 4.46. The summed E-state index contributed by atoms with van der Waals surface area (Å²) in [5.41, 5.74) is 2.49. The van der Waals surface area contributed by atoms with Gasteiger partial charge in [-0.2, -0.15) is 0 Å². The molecule has 2 heteroatoms. The first-order valence-corrected chi connectivity index (χ1v) is 5.86. The lowest BCUT2D eigenvalue weighted by Crippen LogP contribution is -2.22. The maximum absolute atomic E-state index is 10.1. The molecule has 2 unspecified atom stereocenters. The van der Waals surface area contributed by atoms with Gasteiger partial charge in [0, 0.05) is 13.7 Å². The molecule has 0 spiro atoms. The number of ether oxygens (including phenoxy) is 1. The largest absolute Gasteiger partial charge is 0.393 e. The number of benzene rings is 1. The van der Waals surface area contributed by atoms with Crippen LogP contribution in [0.1, 0.15) is 24.5 Å². The van der Waals surface area contributed by atoms with Crippen molar-refractivity contribution in [1.82, 2.24) is 0 Å². The monoisotopic (exact) mass is 222 g/mol. The molecule has 0 amide bonds. The summed E-state index contributed by atoms with van der Waals surface area (Å²) in [6, 6.07) is 8.22. The van der Waals surface area contributed by atoms with E-state index < -0.39 is 0 Å². The molecule has 0 aromatic heterocycles. The molecule has 1 aromatic rings. The van der Waals surface area contributed by atoms with Gasteiger partial charge in [0.1, 0.15) is 0 Å². The Labute approximate surface area is 98.3 Å². The normalized spacial score (nSPS) is 14.8. The van der Waals surface area contributed by atoms with E-state index in [1.54, 1.807) is 7.11 Å². The molecule has 2 nitrogen and oxygen atoms in total. The minimum atomic E-state index is -0.281. The molecule has 0 radical (unpaired) electrons. The molecule has 0 saturated heterocycles. The smallest absolute Gasteiger partial charge is 0.0607 e. The Balaban J connectivity index is 2.50. The number of hydrogen-bond acceptors (Lipinski definition) is 2. The van der Waals surface area contributed by atoms with Crippen molar-refractivity contribution < 1.29 is 9.84 Å². The van der Waals surface area contributed by atoms with E-state index in [-0.39, 0.29) is 12.0 Å². The molecule has 0 heterocycles. The lowest BCUT2D eigenvalue weighted by molar-refractivity contribution is 0.0886. The molecule has 90 valence electrons. The predicted octanol–water partition coefficient (Wildman–Crippen LogP) is 2.57. The zero-order valence-electron chi connectivity index (χ0n) is 10.4. The molecule has 1 aromatic carbocycles. The third-order valence-electron chi connectivity index (χ3n) is 3.12. The summed E-state index contributed by atoms with van der Waals surface area (Å²) in [5.74, 6) is 0.277. The van der Waals surface area contributed by atoms with Crippen LogP contribution in [-0.2, 0) is 11.2 Å². The van der Waals surface area contributed by atoms with Gasteiger partial charge in [-0.1, -0.05) is 31.2 Å². The van der Waals surface area contributed by atoms with E-state index in [0.717, 1.165) is 12.8 Å². The van der Waals surface area contributed by atoms with E-state index in [4.69, 9.17) is 4.74 Å². The van der Waals surface area contributed by atoms with Crippen LogP contribution in [0.5, 0.6) is 0 Å². The number of aliphatic hydroxyl groups excluding tert-OH is 1. The Kier molecular flexibility index (Phi) is 5.50. The minimum absolute atomic E-state index is 0.277. The van der Waals surface area contributed by atoms with E-state index in [2.05, 4.69) is 26.0 Å². The lowest BCUT2D eigenvalue weighted by Gasteiger charge is -2.19. The van der Waals surface area contributed by atoms with Gasteiger partial charge in [-0.15, -0.1) is 0 Å². The van der Waals surface area contributed by atoms with Crippen LogP contribution in [0.4, 0.5) is 0 Å². The molecule has 0 aliphatic rings. The molecule has 0 bridgehead atoms. The van der Waals surface area contributed by atoms with Crippen molar-refractivity contribution in [3.8, 4) is 0 Å². The van der Waals surface area contributed by atoms with Crippen molar-refractivity contribution in [3.05, 3.63) is 35.4 Å². The summed E-state index contributed by atoms with van der Waals surface area (Å²) in [4.78, 5) is 0. The van der Waals surface area contributed by atoms with E-state index in [0.29, 0.717) is 6.61 Å². The van der Waals surface area contributed by atoms with Gasteiger partial charge in [-0.05, 0) is 36.8 Å². The summed E-state index contributed by atoms with van der Waals surface area (Å²) in [5, 5.41) is 10.1. The van der Waals surface area contributed by atoms with Crippen molar-refractivity contribution in [2.75, 3.05) is 13.7 Å². The first kappa shape index (κ1) is 13.2. The number of aryl methyl sites for hydroxylation is 1. The molecule has 0 aliphatic heterocycles. The van der Waals surface area contributed by atoms with Crippen LogP contribution in [0, 0.1) is 12.8 Å². The number of hydrogen-bond donors (Lipinski definition) is 1. The Hall–Kier alpha value is -0.860. The highest BCUT2D eigenvalue weighted by atomic mass is 16.5. The summed E-state index contributed by atoms with van der Waals surface area (Å²) in [7, 11) is 1.69. The molecule has 16 heavy (non-hydrogen) atoms. The summed E-state index contributed by atoms with van der Waals surface area (Å²) in [6.07, 6.45) is 1.36. The van der Waals surface area contributed by atoms with Crippen LogP contribution in [-0.4, -0.2) is 24.9 Å². The zero-order valence-corrected chi connectivity index (χ0v) is 10.4. The fourth-order valence-corrected chi connectivity index (χ4v) is 1.76. The van der Waals surface area contributed by atoms with Crippen molar-refractivity contribution in [1.29, 1.82) is 0 Å². The topological polar surface area (TPSA) is 29.5 Å². The maximum atomic E-state index is 10.1. The van der Waals surface area contributed by atoms with Crippen LogP contribution >= 0.6 is 0 Å². The molecular formula is C14H22O2. The average molecular weight is 222 g/mol. The van der Waals surface area contributed by atoms with Gasteiger partial charge < -0.3 is 9.84 Å². The van der Waals surface area contributed by atoms with Crippen molar-refractivity contribution in [2.45, 2.75) is 32.8 Å². The predicted molar refractivity (Wildman–Crippen MR) is 66.5 cm³/mol. The van der Waals surface area contributed by atoms with Gasteiger partial charge in [0.25, 0.3) is 0 Å². The second kappa shape index (κ2) is 6.66. The third-order valence-corrected chi connectivity index (χ3v) is 3.12. The summed E-state index contributed by atoms with van der Waals surface area (Å²) in [6.45, 7) is 4.87. The Morgan fingerprint density at radius 2 is 2.00 bits per heavy atom. The number of methoxy groups -OCH3 is 1. The van der Waals surface area contributed by atoms with Gasteiger partial charge in [-0.3, -0.25) is 0 Å². The van der Waals surface area contributed by atoms with Crippen LogP contribution in [0.15, 0.2) is 24.3 Å². The molecule has 1 N–H and O–H groups in total. The summed E-state index contributed by atoms with van der Waals surface area (Å²) >= 11 is 0. The number of rotatable bonds is 6. The molecule has 0 fully saturated rings. The highest BCUT2D eigenvalue weighted by Crippen LogP contribution is 2.16. The Morgan fingerprint density at radius 3 is 2.62 bits per heavy atom. The highest BCUT2D eigenvalue weighted by Gasteiger charge is 2.15. The first-order valence-electron chi connectivity index (χ1n) is 5.86.